The molecule has 0 aliphatic heterocycles. The molecule has 0 aromatic heterocycles. The molecule has 0 heterocycles. The topological polar surface area (TPSA) is 49.7 Å². The standard InChI is InChI=1S/C19H32N2O2S/c1-7-8-9-10-19(21(15(2)3)16(4)5)20-24(22,23)18-13-11-17(6)12-14-18/h11-16H,7-10H2,1-6H3/b20-19-. The number of benzene rings is 1. The highest BCUT2D eigenvalue weighted by atomic mass is 32.2. The molecule has 4 nitrogen and oxygen atoms in total. The summed E-state index contributed by atoms with van der Waals surface area (Å²) in [6, 6.07) is 7.29. The molecule has 1 rings (SSSR count). The van der Waals surface area contributed by atoms with Crippen molar-refractivity contribution in [2.45, 2.75) is 84.2 Å². The first-order chi connectivity index (χ1) is 11.2. The maximum absolute atomic E-state index is 12.7. The van der Waals surface area contributed by atoms with Crippen molar-refractivity contribution in [2.75, 3.05) is 0 Å². The summed E-state index contributed by atoms with van der Waals surface area (Å²) in [5.74, 6) is 0.675. The quantitative estimate of drug-likeness (QED) is 0.384. The molecule has 1 aromatic rings. The second-order valence-electron chi connectivity index (χ2n) is 6.85. The van der Waals surface area contributed by atoms with Gasteiger partial charge in [0.2, 0.25) is 0 Å². The van der Waals surface area contributed by atoms with Crippen LogP contribution in [0.5, 0.6) is 0 Å². The fourth-order valence-electron chi connectivity index (χ4n) is 2.85. The van der Waals surface area contributed by atoms with E-state index in [0.717, 1.165) is 24.8 Å². The Morgan fingerprint density at radius 1 is 1.04 bits per heavy atom. The summed E-state index contributed by atoms with van der Waals surface area (Å²) in [4.78, 5) is 2.37. The first-order valence-electron chi connectivity index (χ1n) is 8.88. The van der Waals surface area contributed by atoms with Crippen molar-refractivity contribution in [2.24, 2.45) is 4.40 Å². The van der Waals surface area contributed by atoms with Gasteiger partial charge in [-0.3, -0.25) is 0 Å². The lowest BCUT2D eigenvalue weighted by molar-refractivity contribution is 0.286. The summed E-state index contributed by atoms with van der Waals surface area (Å²) in [6.45, 7) is 12.4. The van der Waals surface area contributed by atoms with Gasteiger partial charge in [-0.1, -0.05) is 37.5 Å². The van der Waals surface area contributed by atoms with Crippen LogP contribution in [0.2, 0.25) is 0 Å². The first-order valence-corrected chi connectivity index (χ1v) is 10.3. The van der Waals surface area contributed by atoms with Crippen LogP contribution in [-0.2, 0) is 10.0 Å². The normalized spacial score (nSPS) is 12.9. The number of nitrogens with zero attached hydrogens (tertiary/aromatic N) is 2. The minimum absolute atomic E-state index is 0.207. The highest BCUT2D eigenvalue weighted by molar-refractivity contribution is 7.90. The van der Waals surface area contributed by atoms with Crippen LogP contribution >= 0.6 is 0 Å². The van der Waals surface area contributed by atoms with Crippen molar-refractivity contribution in [3.8, 4) is 0 Å². The van der Waals surface area contributed by atoms with Crippen molar-refractivity contribution in [1.82, 2.24) is 4.90 Å². The Hall–Kier alpha value is -1.36. The summed E-state index contributed by atoms with van der Waals surface area (Å²) in [6.07, 6.45) is 3.82. The van der Waals surface area contributed by atoms with Crippen molar-refractivity contribution < 1.29 is 8.42 Å². The van der Waals surface area contributed by atoms with Crippen LogP contribution < -0.4 is 0 Å². The predicted octanol–water partition coefficient (Wildman–Crippen LogP) is 4.78. The van der Waals surface area contributed by atoms with Gasteiger partial charge in [-0.2, -0.15) is 8.42 Å². The van der Waals surface area contributed by atoms with Gasteiger partial charge in [0.25, 0.3) is 10.0 Å². The minimum atomic E-state index is -3.68. The van der Waals surface area contributed by atoms with Crippen LogP contribution in [0.25, 0.3) is 0 Å². The van der Waals surface area contributed by atoms with E-state index in [2.05, 4.69) is 43.9 Å². The second kappa shape index (κ2) is 9.21. The molecule has 0 saturated carbocycles. The van der Waals surface area contributed by atoms with Crippen molar-refractivity contribution in [3.05, 3.63) is 29.8 Å². The van der Waals surface area contributed by atoms with E-state index in [4.69, 9.17) is 0 Å². The average Bonchev–Trinajstić information content (AvgIpc) is 2.46. The zero-order valence-electron chi connectivity index (χ0n) is 15.9. The van der Waals surface area contributed by atoms with Crippen molar-refractivity contribution >= 4 is 15.9 Å². The second-order valence-corrected chi connectivity index (χ2v) is 8.45. The van der Waals surface area contributed by atoms with Crippen molar-refractivity contribution in [3.63, 3.8) is 0 Å². The third-order valence-electron chi connectivity index (χ3n) is 3.96. The van der Waals surface area contributed by atoms with Gasteiger partial charge >= 0.3 is 0 Å². The highest BCUT2D eigenvalue weighted by Gasteiger charge is 2.22. The van der Waals surface area contributed by atoms with Crippen LogP contribution in [-0.4, -0.2) is 31.2 Å². The lowest BCUT2D eigenvalue weighted by atomic mass is 10.1. The summed E-state index contributed by atoms with van der Waals surface area (Å²) in [5.41, 5.74) is 1.03. The number of amidine groups is 1. The molecule has 1 aromatic carbocycles. The Morgan fingerprint density at radius 3 is 2.04 bits per heavy atom. The molecule has 0 aliphatic carbocycles. The summed E-state index contributed by atoms with van der Waals surface area (Å²) in [5, 5.41) is 0. The van der Waals surface area contributed by atoms with E-state index in [1.165, 1.54) is 0 Å². The molecular formula is C19H32N2O2S. The average molecular weight is 353 g/mol. The van der Waals surface area contributed by atoms with Gasteiger partial charge in [0.1, 0.15) is 5.84 Å². The van der Waals surface area contributed by atoms with E-state index in [1.807, 2.05) is 19.1 Å². The predicted molar refractivity (Wildman–Crippen MR) is 102 cm³/mol. The number of aryl methyl sites for hydroxylation is 1. The number of hydrogen-bond donors (Lipinski definition) is 0. The molecule has 0 aliphatic rings. The smallest absolute Gasteiger partial charge is 0.283 e. The molecule has 0 spiro atoms. The number of unbranched alkanes of at least 4 members (excludes halogenated alkanes) is 2. The summed E-state index contributed by atoms with van der Waals surface area (Å²) in [7, 11) is -3.68. The van der Waals surface area contributed by atoms with E-state index < -0.39 is 10.0 Å². The summed E-state index contributed by atoms with van der Waals surface area (Å²) >= 11 is 0. The Balaban J connectivity index is 3.24. The molecule has 0 radical (unpaired) electrons. The summed E-state index contributed by atoms with van der Waals surface area (Å²) < 4.78 is 29.7. The van der Waals surface area contributed by atoms with Crippen LogP contribution in [0.1, 0.15) is 65.9 Å². The fourth-order valence-corrected chi connectivity index (χ4v) is 3.90. The molecule has 24 heavy (non-hydrogen) atoms. The Bertz CT molecular complexity index is 624. The molecule has 0 N–H and O–H groups in total. The Labute approximate surface area is 148 Å². The third kappa shape index (κ3) is 5.93. The molecule has 5 heteroatoms. The number of sulfonamides is 1. The van der Waals surface area contributed by atoms with Gasteiger partial charge < -0.3 is 4.90 Å². The molecular weight excluding hydrogens is 320 g/mol. The Morgan fingerprint density at radius 2 is 1.58 bits per heavy atom. The largest absolute Gasteiger partial charge is 0.354 e. The van der Waals surface area contributed by atoms with Gasteiger partial charge in [-0.15, -0.1) is 4.40 Å². The van der Waals surface area contributed by atoms with Crippen LogP contribution in [0.15, 0.2) is 33.6 Å². The number of rotatable bonds is 8. The SMILES string of the molecule is CCCCC/C(=N/S(=O)(=O)c1ccc(C)cc1)N(C(C)C)C(C)C. The fraction of sp³-hybridized carbons (Fsp3) is 0.632. The zero-order chi connectivity index (χ0) is 18.3. The van der Waals surface area contributed by atoms with E-state index in [1.54, 1.807) is 12.1 Å². The molecule has 0 amide bonds. The van der Waals surface area contributed by atoms with Crippen LogP contribution in [0, 0.1) is 6.92 Å². The van der Waals surface area contributed by atoms with E-state index in [9.17, 15) is 8.42 Å². The van der Waals surface area contributed by atoms with Gasteiger partial charge in [0.15, 0.2) is 0 Å². The van der Waals surface area contributed by atoms with E-state index >= 15 is 0 Å². The molecule has 0 atom stereocenters. The highest BCUT2D eigenvalue weighted by Crippen LogP contribution is 2.18. The molecule has 0 unspecified atom stereocenters. The van der Waals surface area contributed by atoms with Gasteiger partial charge in [-0.05, 0) is 53.2 Å². The maximum atomic E-state index is 12.7. The monoisotopic (exact) mass is 352 g/mol. The molecule has 0 fully saturated rings. The van der Waals surface area contributed by atoms with E-state index in [0.29, 0.717) is 12.3 Å². The van der Waals surface area contributed by atoms with Gasteiger partial charge in [-0.25, -0.2) is 0 Å². The van der Waals surface area contributed by atoms with Crippen LogP contribution in [0.3, 0.4) is 0 Å². The third-order valence-corrected chi connectivity index (χ3v) is 5.28. The first kappa shape index (κ1) is 20.7. The van der Waals surface area contributed by atoms with E-state index in [-0.39, 0.29) is 17.0 Å². The molecule has 0 bridgehead atoms. The Kier molecular flexibility index (Phi) is 7.94. The van der Waals surface area contributed by atoms with Gasteiger partial charge in [0.05, 0.1) is 4.90 Å². The van der Waals surface area contributed by atoms with Crippen LogP contribution in [0.4, 0.5) is 0 Å². The number of hydrogen-bond acceptors (Lipinski definition) is 2. The lowest BCUT2D eigenvalue weighted by Crippen LogP contribution is -2.42. The zero-order valence-corrected chi connectivity index (χ0v) is 16.7. The minimum Gasteiger partial charge on any atom is -0.354 e. The molecule has 0 saturated heterocycles. The lowest BCUT2D eigenvalue weighted by Gasteiger charge is -2.34. The molecule has 136 valence electrons. The maximum Gasteiger partial charge on any atom is 0.283 e. The van der Waals surface area contributed by atoms with Gasteiger partial charge in [0, 0.05) is 18.5 Å². The van der Waals surface area contributed by atoms with Crippen molar-refractivity contribution in [1.29, 1.82) is 0 Å².